The minimum atomic E-state index is -4.78. The summed E-state index contributed by atoms with van der Waals surface area (Å²) >= 11 is 0. The molecule has 0 rings (SSSR count). The zero-order chi connectivity index (χ0) is 40.0. The molecule has 0 aromatic heterocycles. The van der Waals surface area contributed by atoms with Crippen LogP contribution in [0.2, 0.25) is 0 Å². The lowest BCUT2D eigenvalue weighted by Gasteiger charge is -2.18. The van der Waals surface area contributed by atoms with Crippen molar-refractivity contribution in [2.75, 3.05) is 13.2 Å². The summed E-state index contributed by atoms with van der Waals surface area (Å²) in [5.41, 5.74) is 0. The quantitative estimate of drug-likeness (QED) is 0.0242. The maximum Gasteiger partial charge on any atom is 0.469 e. The van der Waals surface area contributed by atoms with Gasteiger partial charge in [0.05, 0.1) is 12.7 Å². The van der Waals surface area contributed by atoms with E-state index in [1.807, 2.05) is 19.1 Å². The van der Waals surface area contributed by atoms with Crippen LogP contribution >= 0.6 is 7.82 Å². The average Bonchev–Trinajstić information content (AvgIpc) is 3.13. The molecule has 0 aromatic carbocycles. The van der Waals surface area contributed by atoms with Crippen LogP contribution in [0.15, 0.2) is 48.6 Å². The Labute approximate surface area is 329 Å². The molecule has 0 fully saturated rings. The number of rotatable bonds is 38. The van der Waals surface area contributed by atoms with Gasteiger partial charge >= 0.3 is 19.8 Å². The zero-order valence-corrected chi connectivity index (χ0v) is 35.3. The van der Waals surface area contributed by atoms with Gasteiger partial charge in [-0.2, -0.15) is 0 Å². The molecule has 0 aliphatic heterocycles. The highest BCUT2D eigenvalue weighted by atomic mass is 31.2. The molecule has 0 bridgehead atoms. The van der Waals surface area contributed by atoms with E-state index in [9.17, 15) is 19.3 Å². The molecule has 54 heavy (non-hydrogen) atoms. The van der Waals surface area contributed by atoms with Crippen LogP contribution < -0.4 is 0 Å². The molecule has 0 radical (unpaired) electrons. The molecule has 0 spiro atoms. The lowest BCUT2D eigenvalue weighted by atomic mass is 9.99. The molecule has 0 aliphatic rings. The summed E-state index contributed by atoms with van der Waals surface area (Å²) in [5.74, 6) is -0.0866. The van der Waals surface area contributed by atoms with Gasteiger partial charge in [-0.05, 0) is 70.6 Å². The van der Waals surface area contributed by atoms with Crippen LogP contribution in [-0.4, -0.2) is 52.3 Å². The summed E-state index contributed by atoms with van der Waals surface area (Å²) in [6, 6.07) is 0. The molecule has 3 atom stereocenters. The van der Waals surface area contributed by atoms with Crippen molar-refractivity contribution >= 4 is 19.8 Å². The van der Waals surface area contributed by atoms with Crippen molar-refractivity contribution in [3.63, 3.8) is 0 Å². The van der Waals surface area contributed by atoms with Crippen LogP contribution in [0.25, 0.3) is 0 Å². The highest BCUT2D eigenvalue weighted by molar-refractivity contribution is 7.46. The molecule has 0 aliphatic carbocycles. The summed E-state index contributed by atoms with van der Waals surface area (Å²) < 4.78 is 26.3. The molecular formula is C44H79O9P. The van der Waals surface area contributed by atoms with E-state index in [-0.39, 0.29) is 25.6 Å². The Hall–Kier alpha value is -2.03. The van der Waals surface area contributed by atoms with E-state index in [0.717, 1.165) is 57.3 Å². The molecule has 0 amide bonds. The fourth-order valence-corrected chi connectivity index (χ4v) is 6.19. The topological polar surface area (TPSA) is 140 Å². The number of ether oxygens (including phenoxy) is 2. The summed E-state index contributed by atoms with van der Waals surface area (Å²) in [7, 11) is -4.78. The summed E-state index contributed by atoms with van der Waals surface area (Å²) in [6.45, 7) is 5.57. The van der Waals surface area contributed by atoms with Crippen LogP contribution in [0, 0.1) is 5.92 Å². The fourth-order valence-electron chi connectivity index (χ4n) is 5.83. The van der Waals surface area contributed by atoms with Crippen LogP contribution in [0.5, 0.6) is 0 Å². The van der Waals surface area contributed by atoms with Crippen LogP contribution in [0.1, 0.15) is 188 Å². The Morgan fingerprint density at radius 3 is 1.50 bits per heavy atom. The minimum Gasteiger partial charge on any atom is -0.462 e. The maximum atomic E-state index is 12.4. The Kier molecular flexibility index (Phi) is 36.4. The Morgan fingerprint density at radius 1 is 0.574 bits per heavy atom. The van der Waals surface area contributed by atoms with E-state index in [1.54, 1.807) is 0 Å². The monoisotopic (exact) mass is 783 g/mol. The average molecular weight is 783 g/mol. The smallest absolute Gasteiger partial charge is 0.462 e. The number of carbonyl (C=O) groups is 2. The van der Waals surface area contributed by atoms with Gasteiger partial charge in [0.15, 0.2) is 6.10 Å². The molecule has 9 nitrogen and oxygen atoms in total. The number of hydrogen-bond donors (Lipinski definition) is 3. The van der Waals surface area contributed by atoms with E-state index in [0.29, 0.717) is 19.3 Å². The van der Waals surface area contributed by atoms with Crippen molar-refractivity contribution in [3.8, 4) is 0 Å². The lowest BCUT2D eigenvalue weighted by Crippen LogP contribution is -2.29. The number of aliphatic hydroxyl groups excluding tert-OH is 1. The minimum absolute atomic E-state index is 0.124. The second kappa shape index (κ2) is 37.9. The van der Waals surface area contributed by atoms with E-state index >= 15 is 0 Å². The number of esters is 2. The molecule has 0 saturated carbocycles. The van der Waals surface area contributed by atoms with Crippen molar-refractivity contribution in [1.82, 2.24) is 0 Å². The number of phosphoric acid groups is 1. The summed E-state index contributed by atoms with van der Waals surface area (Å²) in [5, 5.41) is 9.25. The molecule has 0 saturated heterocycles. The van der Waals surface area contributed by atoms with Gasteiger partial charge in [0.25, 0.3) is 0 Å². The first-order chi connectivity index (χ1) is 26.0. The van der Waals surface area contributed by atoms with E-state index in [1.165, 1.54) is 83.5 Å². The van der Waals surface area contributed by atoms with Gasteiger partial charge in [-0.15, -0.1) is 0 Å². The highest BCUT2D eigenvalue weighted by Gasteiger charge is 2.22. The van der Waals surface area contributed by atoms with Crippen molar-refractivity contribution < 1.29 is 43.0 Å². The van der Waals surface area contributed by atoms with Crippen molar-refractivity contribution in [3.05, 3.63) is 48.6 Å². The molecule has 0 aromatic rings. The molecular weight excluding hydrogens is 703 g/mol. The molecule has 3 N–H and O–H groups in total. The van der Waals surface area contributed by atoms with Crippen LogP contribution in [-0.2, 0) is 28.2 Å². The van der Waals surface area contributed by atoms with Gasteiger partial charge in [0.1, 0.15) is 6.61 Å². The first-order valence-corrected chi connectivity index (χ1v) is 22.9. The molecule has 1 unspecified atom stereocenters. The zero-order valence-electron chi connectivity index (χ0n) is 34.4. The van der Waals surface area contributed by atoms with E-state index in [4.69, 9.17) is 19.3 Å². The van der Waals surface area contributed by atoms with E-state index < -0.39 is 32.5 Å². The van der Waals surface area contributed by atoms with Gasteiger partial charge in [0.2, 0.25) is 0 Å². The standard InChI is InChI=1S/C44H79O9P/c1-4-40(2)34-30-26-22-18-14-10-8-9-12-16-20-24-28-32-36-43(46)51-38-42(39-52-54(48,49)50)53-44(47)37-33-29-25-21-17-13-7-5-6-11-15-19-23-27-31-35-41(3)45/h6-7,11,13,19,21,23,25,40-42,45H,4-5,8-10,12,14-18,20,22,24,26-39H2,1-3H3,(H2,48,49,50)/b11-6-,13-7-,23-19-,25-21-/t40?,41-,42+/m0/s1. The summed E-state index contributed by atoms with van der Waals surface area (Å²) in [6.07, 6.45) is 42.5. The molecule has 0 heterocycles. The normalized spacial score (nSPS) is 14.1. The molecule has 314 valence electrons. The third kappa shape index (κ3) is 41.1. The predicted molar refractivity (Wildman–Crippen MR) is 222 cm³/mol. The largest absolute Gasteiger partial charge is 0.469 e. The maximum absolute atomic E-state index is 12.4. The third-order valence-corrected chi connectivity index (χ3v) is 9.89. The van der Waals surface area contributed by atoms with Gasteiger partial charge in [-0.1, -0.05) is 159 Å². The predicted octanol–water partition coefficient (Wildman–Crippen LogP) is 12.0. The van der Waals surface area contributed by atoms with Gasteiger partial charge in [0, 0.05) is 12.8 Å². The van der Waals surface area contributed by atoms with Crippen LogP contribution in [0.4, 0.5) is 0 Å². The first kappa shape index (κ1) is 52.0. The Balaban J connectivity index is 4.00. The van der Waals surface area contributed by atoms with Crippen molar-refractivity contribution in [2.24, 2.45) is 5.92 Å². The second-order valence-electron chi connectivity index (χ2n) is 14.8. The number of allylic oxidation sites excluding steroid dienone is 8. The second-order valence-corrected chi connectivity index (χ2v) is 16.1. The van der Waals surface area contributed by atoms with Gasteiger partial charge in [-0.25, -0.2) is 4.57 Å². The third-order valence-electron chi connectivity index (χ3n) is 9.41. The highest BCUT2D eigenvalue weighted by Crippen LogP contribution is 2.36. The number of aliphatic hydroxyl groups is 1. The first-order valence-electron chi connectivity index (χ1n) is 21.4. The Morgan fingerprint density at radius 2 is 1.02 bits per heavy atom. The number of phosphoric ester groups is 1. The molecule has 10 heteroatoms. The number of hydrogen-bond acceptors (Lipinski definition) is 7. The fraction of sp³-hybridized carbons (Fsp3) is 0.773. The number of carbonyl (C=O) groups excluding carboxylic acids is 2. The van der Waals surface area contributed by atoms with Crippen molar-refractivity contribution in [2.45, 2.75) is 200 Å². The van der Waals surface area contributed by atoms with Crippen LogP contribution in [0.3, 0.4) is 0 Å². The lowest BCUT2D eigenvalue weighted by molar-refractivity contribution is -0.161. The van der Waals surface area contributed by atoms with Gasteiger partial charge in [-0.3, -0.25) is 14.1 Å². The van der Waals surface area contributed by atoms with E-state index in [2.05, 4.69) is 54.8 Å². The Bertz CT molecular complexity index is 1050. The van der Waals surface area contributed by atoms with Gasteiger partial charge < -0.3 is 24.4 Å². The van der Waals surface area contributed by atoms with Crippen molar-refractivity contribution in [1.29, 1.82) is 0 Å². The number of unbranched alkanes of at least 4 members (excludes halogenated alkanes) is 15. The SMILES string of the molecule is CCC(C)CCCCCCCCCCCCCCCCC(=O)OC[C@H](COP(=O)(O)O)OC(=O)CCC/C=C\C/C=C\C/C=C\C/C=C\CCC[C@H](C)O. The summed E-state index contributed by atoms with van der Waals surface area (Å²) in [4.78, 5) is 42.8.